The number of likely N-dealkylation sites (N-methyl/N-ethyl adjacent to an activating group) is 1. The van der Waals surface area contributed by atoms with Gasteiger partial charge in [0.25, 0.3) is 11.5 Å². The zero-order valence-corrected chi connectivity index (χ0v) is 32.9. The summed E-state index contributed by atoms with van der Waals surface area (Å²) in [6.45, 7) is 5.98. The molecule has 1 atom stereocenters. The molecule has 3 saturated heterocycles. The Bertz CT molecular complexity index is 2420. The maximum Gasteiger partial charge on any atom is 0.294 e. The van der Waals surface area contributed by atoms with Crippen molar-refractivity contribution in [2.24, 2.45) is 20.0 Å². The molecule has 0 aliphatic carbocycles. The molecule has 0 bridgehead atoms. The largest absolute Gasteiger partial charge is 0.478 e. The molecule has 57 heavy (non-hydrogen) atoms. The van der Waals surface area contributed by atoms with Crippen LogP contribution in [-0.2, 0) is 28.5 Å². The molecule has 0 saturated carbocycles. The number of piperazine rings is 1. The molecule has 3 amide bonds. The lowest BCUT2D eigenvalue weighted by molar-refractivity contribution is -0.134. The fourth-order valence-corrected chi connectivity index (χ4v) is 8.25. The summed E-state index contributed by atoms with van der Waals surface area (Å²) in [6.07, 6.45) is 6.15. The van der Waals surface area contributed by atoms with Crippen LogP contribution in [0, 0.1) is 5.92 Å². The number of benzene rings is 1. The van der Waals surface area contributed by atoms with E-state index in [0.29, 0.717) is 52.3 Å². The molecule has 5 aromatic rings. The molecule has 1 unspecified atom stereocenters. The van der Waals surface area contributed by atoms with Gasteiger partial charge in [-0.15, -0.1) is 0 Å². The third-order valence-electron chi connectivity index (χ3n) is 11.2. The van der Waals surface area contributed by atoms with E-state index in [-0.39, 0.29) is 30.1 Å². The molecule has 18 heteroatoms. The summed E-state index contributed by atoms with van der Waals surface area (Å²) in [5.41, 5.74) is 3.57. The normalized spacial score (nSPS) is 18.3. The maximum atomic E-state index is 12.8. The number of aryl methyl sites for hydroxylation is 2. The number of ether oxygens (including phenoxy) is 1. The van der Waals surface area contributed by atoms with E-state index < -0.39 is 11.5 Å². The first kappa shape index (κ1) is 38.1. The standard InChI is InChI=1S/C39H45ClN12O5/c1-41-32(54)22-57-30-18-24-17-25(19-42-36(24)48(2)38(30)56)44-35-28(40)20-43-39(46-35)52-15-13-50(14-16-52)21-23-9-11-51(12-10-23)29-6-4-5-26-33(47-49(3)34(26)29)27-7-8-31(53)45-37(27)55/h4-6,17-20,23,27H,7-16,21-22H2,1-3H3,(H,41,54)(H,43,44,46)(H,45,53,55). The second-order valence-electron chi connectivity index (χ2n) is 14.9. The highest BCUT2D eigenvalue weighted by atomic mass is 35.5. The number of para-hydroxylation sites is 1. The second kappa shape index (κ2) is 16.0. The van der Waals surface area contributed by atoms with E-state index in [4.69, 9.17) is 26.4 Å². The number of aromatic nitrogens is 6. The number of carbonyl (C=O) groups excluding carboxylic acids is 3. The molecule has 3 aliphatic heterocycles. The third-order valence-corrected chi connectivity index (χ3v) is 11.5. The number of nitrogens with one attached hydrogen (secondary N) is 3. The predicted octanol–water partition coefficient (Wildman–Crippen LogP) is 2.69. The summed E-state index contributed by atoms with van der Waals surface area (Å²) in [7, 11) is 5.03. The van der Waals surface area contributed by atoms with Crippen molar-refractivity contribution in [1.29, 1.82) is 0 Å². The van der Waals surface area contributed by atoms with Crippen LogP contribution in [0.4, 0.5) is 23.1 Å². The lowest BCUT2D eigenvalue weighted by atomic mass is 9.92. The van der Waals surface area contributed by atoms with Crippen LogP contribution in [0.15, 0.2) is 47.5 Å². The first-order valence-electron chi connectivity index (χ1n) is 19.2. The van der Waals surface area contributed by atoms with Crippen LogP contribution in [0.3, 0.4) is 0 Å². The predicted molar refractivity (Wildman–Crippen MR) is 216 cm³/mol. The zero-order chi connectivity index (χ0) is 39.8. The number of pyridine rings is 2. The summed E-state index contributed by atoms with van der Waals surface area (Å²) >= 11 is 6.55. The van der Waals surface area contributed by atoms with E-state index in [2.05, 4.69) is 46.7 Å². The minimum absolute atomic E-state index is 0.0431. The molecule has 0 radical (unpaired) electrons. The van der Waals surface area contributed by atoms with Gasteiger partial charge in [0.2, 0.25) is 17.8 Å². The van der Waals surface area contributed by atoms with Crippen molar-refractivity contribution in [2.45, 2.75) is 31.6 Å². The van der Waals surface area contributed by atoms with Crippen molar-refractivity contribution in [1.82, 2.24) is 44.8 Å². The molecule has 3 fully saturated rings. The van der Waals surface area contributed by atoms with Gasteiger partial charge in [0.15, 0.2) is 18.2 Å². The zero-order valence-electron chi connectivity index (χ0n) is 32.1. The first-order valence-corrected chi connectivity index (χ1v) is 19.6. The number of anilines is 4. The summed E-state index contributed by atoms with van der Waals surface area (Å²) in [4.78, 5) is 69.8. The molecule has 17 nitrogen and oxygen atoms in total. The molecule has 4 aromatic heterocycles. The fourth-order valence-electron chi connectivity index (χ4n) is 8.11. The number of nitrogens with zero attached hydrogens (tertiary/aromatic N) is 9. The summed E-state index contributed by atoms with van der Waals surface area (Å²) < 4.78 is 8.74. The van der Waals surface area contributed by atoms with E-state index in [1.165, 1.54) is 11.6 Å². The third kappa shape index (κ3) is 7.81. The highest BCUT2D eigenvalue weighted by Crippen LogP contribution is 2.36. The quantitative estimate of drug-likeness (QED) is 0.176. The van der Waals surface area contributed by atoms with Crippen LogP contribution in [-0.4, -0.2) is 111 Å². The highest BCUT2D eigenvalue weighted by molar-refractivity contribution is 6.33. The molecule has 0 spiro atoms. The molecular weight excluding hydrogens is 752 g/mol. The molecule has 298 valence electrons. The molecular formula is C39H45ClN12O5. The van der Waals surface area contributed by atoms with E-state index in [0.717, 1.165) is 80.9 Å². The number of hydrogen-bond acceptors (Lipinski definition) is 13. The van der Waals surface area contributed by atoms with Gasteiger partial charge in [0.05, 0.1) is 40.9 Å². The average molecular weight is 797 g/mol. The van der Waals surface area contributed by atoms with Gasteiger partial charge in [0.1, 0.15) is 10.7 Å². The Morgan fingerprint density at radius 3 is 2.53 bits per heavy atom. The average Bonchev–Trinajstić information content (AvgIpc) is 3.55. The van der Waals surface area contributed by atoms with E-state index >= 15 is 0 Å². The van der Waals surface area contributed by atoms with Crippen molar-refractivity contribution in [3.63, 3.8) is 0 Å². The van der Waals surface area contributed by atoms with E-state index in [1.807, 2.05) is 29.9 Å². The number of hydrogen-bond donors (Lipinski definition) is 3. The number of fused-ring (bicyclic) bond motifs is 2. The van der Waals surface area contributed by atoms with Crippen LogP contribution in [0.1, 0.15) is 37.3 Å². The van der Waals surface area contributed by atoms with Crippen molar-refractivity contribution in [3.8, 4) is 5.75 Å². The summed E-state index contributed by atoms with van der Waals surface area (Å²) in [6, 6.07) is 9.60. The maximum absolute atomic E-state index is 12.8. The van der Waals surface area contributed by atoms with Crippen LogP contribution < -0.4 is 36.0 Å². The van der Waals surface area contributed by atoms with Gasteiger partial charge < -0.3 is 25.2 Å². The minimum Gasteiger partial charge on any atom is -0.478 e. The number of halogens is 1. The molecule has 8 rings (SSSR count). The molecule has 7 heterocycles. The monoisotopic (exact) mass is 796 g/mol. The van der Waals surface area contributed by atoms with Crippen molar-refractivity contribution in [2.75, 3.05) is 74.6 Å². The Morgan fingerprint density at radius 2 is 1.77 bits per heavy atom. The van der Waals surface area contributed by atoms with Crippen molar-refractivity contribution >= 4 is 74.4 Å². The Hall–Kier alpha value is -5.81. The Labute approximate surface area is 333 Å². The number of carbonyl (C=O) groups is 3. The molecule has 1 aromatic carbocycles. The minimum atomic E-state index is -0.426. The number of imide groups is 1. The van der Waals surface area contributed by atoms with Gasteiger partial charge >= 0.3 is 0 Å². The van der Waals surface area contributed by atoms with Gasteiger partial charge in [0, 0.05) is 84.1 Å². The van der Waals surface area contributed by atoms with Gasteiger partial charge in [-0.1, -0.05) is 23.7 Å². The van der Waals surface area contributed by atoms with Crippen molar-refractivity contribution < 1.29 is 19.1 Å². The number of rotatable bonds is 10. The van der Waals surface area contributed by atoms with Gasteiger partial charge in [-0.05, 0) is 43.4 Å². The summed E-state index contributed by atoms with van der Waals surface area (Å²) in [5, 5.41) is 14.9. The Balaban J connectivity index is 0.866. The Morgan fingerprint density at radius 1 is 0.982 bits per heavy atom. The smallest absolute Gasteiger partial charge is 0.294 e. The van der Waals surface area contributed by atoms with Gasteiger partial charge in [-0.3, -0.25) is 38.6 Å². The van der Waals surface area contributed by atoms with Gasteiger partial charge in [-0.25, -0.2) is 9.97 Å². The SMILES string of the molecule is CNC(=O)COc1cc2cc(Nc3nc(N4CCN(CC5CCN(c6cccc7c(C8CCC(=O)NC8=O)nn(C)c67)CC5)CC4)ncc3Cl)cnc2n(C)c1=O. The van der Waals surface area contributed by atoms with Crippen LogP contribution in [0.5, 0.6) is 5.75 Å². The lowest BCUT2D eigenvalue weighted by Gasteiger charge is -2.39. The van der Waals surface area contributed by atoms with Gasteiger partial charge in [-0.2, -0.15) is 10.1 Å². The van der Waals surface area contributed by atoms with Crippen LogP contribution in [0.25, 0.3) is 21.9 Å². The number of piperidine rings is 2. The number of amides is 3. The van der Waals surface area contributed by atoms with Crippen LogP contribution >= 0.6 is 11.6 Å². The Kier molecular flexibility index (Phi) is 10.7. The fraction of sp³-hybridized carbons (Fsp3) is 0.436. The molecule has 3 aliphatic rings. The lowest BCUT2D eigenvalue weighted by Crippen LogP contribution is -2.49. The first-order chi connectivity index (χ1) is 27.6. The van der Waals surface area contributed by atoms with E-state index in [1.54, 1.807) is 25.5 Å². The van der Waals surface area contributed by atoms with E-state index in [9.17, 15) is 19.2 Å². The van der Waals surface area contributed by atoms with Crippen molar-refractivity contribution in [3.05, 3.63) is 63.8 Å². The highest BCUT2D eigenvalue weighted by Gasteiger charge is 2.33. The van der Waals surface area contributed by atoms with Crippen LogP contribution in [0.2, 0.25) is 5.02 Å². The second-order valence-corrected chi connectivity index (χ2v) is 15.3. The topological polar surface area (TPSA) is 185 Å². The molecule has 3 N–H and O–H groups in total. The summed E-state index contributed by atoms with van der Waals surface area (Å²) in [5.74, 6) is 0.380.